The van der Waals surface area contributed by atoms with Gasteiger partial charge in [0.25, 0.3) is 11.8 Å². The topological polar surface area (TPSA) is 122 Å². The number of aliphatic carboxylic acids is 1. The minimum absolute atomic E-state index is 0.0177. The average Bonchev–Trinajstić information content (AvgIpc) is 2.92. The number of hydrogen-bond donors (Lipinski definition) is 2. The summed E-state index contributed by atoms with van der Waals surface area (Å²) in [6.07, 6.45) is 5.80. The van der Waals surface area contributed by atoms with E-state index in [1.165, 1.54) is 19.2 Å². The van der Waals surface area contributed by atoms with Crippen molar-refractivity contribution >= 4 is 46.6 Å². The summed E-state index contributed by atoms with van der Waals surface area (Å²) in [6, 6.07) is 10.3. The number of ether oxygens (including phenoxy) is 1. The van der Waals surface area contributed by atoms with Crippen LogP contribution < -0.4 is 10.1 Å². The van der Waals surface area contributed by atoms with E-state index in [0.717, 1.165) is 11.1 Å². The number of carbonyl (C=O) groups excluding carboxylic acids is 2. The zero-order chi connectivity index (χ0) is 27.2. The molecule has 1 aliphatic heterocycles. The van der Waals surface area contributed by atoms with Crippen molar-refractivity contribution in [2.75, 3.05) is 20.2 Å². The first-order valence-corrected chi connectivity index (χ1v) is 12.4. The number of halogens is 2. The predicted octanol–water partition coefficient (Wildman–Crippen LogP) is 4.15. The van der Waals surface area contributed by atoms with Gasteiger partial charge < -0.3 is 20.1 Å². The highest BCUT2D eigenvalue weighted by Gasteiger charge is 2.25. The molecular formula is C27H24Cl2N4O5. The van der Waals surface area contributed by atoms with Crippen LogP contribution in [0.2, 0.25) is 10.0 Å². The highest BCUT2D eigenvalue weighted by atomic mass is 35.5. The maximum absolute atomic E-state index is 12.9. The Morgan fingerprint density at radius 3 is 2.47 bits per heavy atom. The normalized spacial score (nSPS) is 13.9. The minimum Gasteiger partial charge on any atom is -0.480 e. The van der Waals surface area contributed by atoms with Gasteiger partial charge in [0.15, 0.2) is 0 Å². The third-order valence-corrected chi connectivity index (χ3v) is 6.72. The molecule has 2 N–H and O–H groups in total. The van der Waals surface area contributed by atoms with E-state index >= 15 is 0 Å². The summed E-state index contributed by atoms with van der Waals surface area (Å²) in [5, 5.41) is 12.4. The lowest BCUT2D eigenvalue weighted by Crippen LogP contribution is -2.42. The fourth-order valence-corrected chi connectivity index (χ4v) is 4.66. The lowest BCUT2D eigenvalue weighted by Gasteiger charge is -2.27. The third-order valence-electron chi connectivity index (χ3n) is 6.09. The first-order valence-electron chi connectivity index (χ1n) is 11.7. The van der Waals surface area contributed by atoms with Gasteiger partial charge in [0.1, 0.15) is 11.6 Å². The summed E-state index contributed by atoms with van der Waals surface area (Å²) >= 11 is 12.1. The van der Waals surface area contributed by atoms with Gasteiger partial charge in [0, 0.05) is 37.6 Å². The van der Waals surface area contributed by atoms with Gasteiger partial charge in [0.05, 0.1) is 22.7 Å². The number of rotatable bonds is 8. The number of pyridine rings is 2. The Labute approximate surface area is 229 Å². The molecule has 3 aromatic rings. The Bertz CT molecular complexity index is 1370. The summed E-state index contributed by atoms with van der Waals surface area (Å²) in [6.45, 7) is 0.938. The van der Waals surface area contributed by atoms with E-state index < -0.39 is 17.9 Å². The standard InChI is InChI=1S/C27H24Cl2N4O5/c1-38-25-19(4-3-11-30-25)26(35)33-12-9-16(10-13-33)17-7-8-18(31-15-17)14-22(27(36)37)32-24(34)23-20(28)5-2-6-21(23)29/h2-9,11,15,22H,10,12-14H2,1H3,(H,32,34)(H,36,37)/t22-/m0/s1. The van der Waals surface area contributed by atoms with Gasteiger partial charge >= 0.3 is 5.97 Å². The van der Waals surface area contributed by atoms with Gasteiger partial charge in [-0.25, -0.2) is 9.78 Å². The molecule has 0 saturated carbocycles. The number of aromatic nitrogens is 2. The van der Waals surface area contributed by atoms with Crippen LogP contribution in [-0.2, 0) is 11.2 Å². The number of hydrogen-bond acceptors (Lipinski definition) is 6. The molecule has 11 heteroatoms. The van der Waals surface area contributed by atoms with E-state index in [1.807, 2.05) is 12.1 Å². The summed E-state index contributed by atoms with van der Waals surface area (Å²) < 4.78 is 5.20. The second-order valence-electron chi connectivity index (χ2n) is 8.49. The van der Waals surface area contributed by atoms with Crippen molar-refractivity contribution in [3.63, 3.8) is 0 Å². The van der Waals surface area contributed by atoms with Gasteiger partial charge in [-0.2, -0.15) is 0 Å². The molecule has 1 aliphatic rings. The largest absolute Gasteiger partial charge is 0.480 e. The van der Waals surface area contributed by atoms with Crippen molar-refractivity contribution in [3.8, 4) is 5.88 Å². The van der Waals surface area contributed by atoms with E-state index in [9.17, 15) is 19.5 Å². The molecule has 0 unspecified atom stereocenters. The fourth-order valence-electron chi connectivity index (χ4n) is 4.09. The number of methoxy groups -OCH3 is 1. The van der Waals surface area contributed by atoms with E-state index in [1.54, 1.807) is 41.6 Å². The summed E-state index contributed by atoms with van der Waals surface area (Å²) in [7, 11) is 1.48. The molecule has 0 spiro atoms. The van der Waals surface area contributed by atoms with Crippen LogP contribution in [0, 0.1) is 0 Å². The van der Waals surface area contributed by atoms with Gasteiger partial charge in [0.2, 0.25) is 5.88 Å². The van der Waals surface area contributed by atoms with Gasteiger partial charge in [-0.05, 0) is 47.9 Å². The molecule has 9 nitrogen and oxygen atoms in total. The third kappa shape index (κ3) is 6.12. The summed E-state index contributed by atoms with van der Waals surface area (Å²) in [5.74, 6) is -1.76. The van der Waals surface area contributed by atoms with Crippen LogP contribution in [0.1, 0.15) is 38.4 Å². The zero-order valence-corrected chi connectivity index (χ0v) is 21.9. The quantitative estimate of drug-likeness (QED) is 0.429. The fraction of sp³-hybridized carbons (Fsp3) is 0.222. The number of nitrogens with zero attached hydrogens (tertiary/aromatic N) is 3. The molecule has 196 valence electrons. The molecule has 4 rings (SSSR count). The predicted molar refractivity (Wildman–Crippen MR) is 143 cm³/mol. The molecule has 0 radical (unpaired) electrons. The smallest absolute Gasteiger partial charge is 0.326 e. The first-order chi connectivity index (χ1) is 18.3. The Balaban J connectivity index is 1.40. The van der Waals surface area contributed by atoms with Crippen molar-refractivity contribution in [1.82, 2.24) is 20.2 Å². The van der Waals surface area contributed by atoms with Gasteiger partial charge in [-0.1, -0.05) is 41.4 Å². The molecule has 3 heterocycles. The van der Waals surface area contributed by atoms with Crippen molar-refractivity contribution in [1.29, 1.82) is 0 Å². The van der Waals surface area contributed by atoms with Crippen LogP contribution in [0.5, 0.6) is 5.88 Å². The highest BCUT2D eigenvalue weighted by molar-refractivity contribution is 6.39. The minimum atomic E-state index is -1.23. The molecule has 0 bridgehead atoms. The van der Waals surface area contributed by atoms with E-state index in [4.69, 9.17) is 27.9 Å². The Morgan fingerprint density at radius 1 is 1.11 bits per heavy atom. The van der Waals surface area contributed by atoms with Crippen molar-refractivity contribution in [2.24, 2.45) is 0 Å². The lowest BCUT2D eigenvalue weighted by atomic mass is 9.99. The molecule has 38 heavy (non-hydrogen) atoms. The number of carbonyl (C=O) groups is 3. The van der Waals surface area contributed by atoms with Crippen LogP contribution in [0.15, 0.2) is 60.9 Å². The van der Waals surface area contributed by atoms with Crippen molar-refractivity contribution in [2.45, 2.75) is 18.9 Å². The molecule has 2 amide bonds. The molecular weight excluding hydrogens is 531 g/mol. The monoisotopic (exact) mass is 554 g/mol. The highest BCUT2D eigenvalue weighted by Crippen LogP contribution is 2.26. The number of amides is 2. The van der Waals surface area contributed by atoms with Crippen LogP contribution >= 0.6 is 23.2 Å². The van der Waals surface area contributed by atoms with Gasteiger partial charge in [-0.3, -0.25) is 14.6 Å². The lowest BCUT2D eigenvalue weighted by molar-refractivity contribution is -0.139. The number of nitrogens with one attached hydrogen (secondary N) is 1. The Hall–Kier alpha value is -3.95. The Kier molecular flexibility index (Phi) is 8.60. The van der Waals surface area contributed by atoms with Crippen LogP contribution in [-0.4, -0.2) is 64.0 Å². The number of benzene rings is 1. The number of carboxylic acids is 1. The van der Waals surface area contributed by atoms with E-state index in [-0.39, 0.29) is 33.8 Å². The van der Waals surface area contributed by atoms with Gasteiger partial charge in [-0.15, -0.1) is 0 Å². The molecule has 0 aliphatic carbocycles. The Morgan fingerprint density at radius 2 is 1.87 bits per heavy atom. The maximum atomic E-state index is 12.9. The van der Waals surface area contributed by atoms with Crippen LogP contribution in [0.25, 0.3) is 5.57 Å². The molecule has 1 aromatic carbocycles. The first kappa shape index (κ1) is 27.1. The summed E-state index contributed by atoms with van der Waals surface area (Å²) in [5.41, 5.74) is 2.82. The maximum Gasteiger partial charge on any atom is 0.326 e. The van der Waals surface area contributed by atoms with Crippen molar-refractivity contribution in [3.05, 3.63) is 93.4 Å². The second-order valence-corrected chi connectivity index (χ2v) is 9.31. The molecule has 2 aromatic heterocycles. The average molecular weight is 555 g/mol. The zero-order valence-electron chi connectivity index (χ0n) is 20.4. The van der Waals surface area contributed by atoms with Crippen LogP contribution in [0.3, 0.4) is 0 Å². The number of carboxylic acid groups (broad SMARTS) is 1. The van der Waals surface area contributed by atoms with Crippen molar-refractivity contribution < 1.29 is 24.2 Å². The molecule has 0 fully saturated rings. The molecule has 1 atom stereocenters. The molecule has 0 saturated heterocycles. The van der Waals surface area contributed by atoms with E-state index in [2.05, 4.69) is 15.3 Å². The second kappa shape index (κ2) is 12.1. The SMILES string of the molecule is COc1ncccc1C(=O)N1CC=C(c2ccc(C[C@H](NC(=O)c3c(Cl)cccc3Cl)C(=O)O)nc2)CC1. The summed E-state index contributed by atoms with van der Waals surface area (Å²) in [4.78, 5) is 47.6. The van der Waals surface area contributed by atoms with Crippen LogP contribution in [0.4, 0.5) is 0 Å². The van der Waals surface area contributed by atoms with E-state index in [0.29, 0.717) is 30.8 Å².